The SMILES string of the molecule is CSc1ncc(C(=O)NNC(=O)c2ccco2)c(Cl)n1. The zero-order valence-electron chi connectivity index (χ0n) is 10.2. The zero-order chi connectivity index (χ0) is 14.5. The van der Waals surface area contributed by atoms with Gasteiger partial charge in [-0.1, -0.05) is 23.4 Å². The number of furan rings is 1. The van der Waals surface area contributed by atoms with Crippen LogP contribution < -0.4 is 10.9 Å². The van der Waals surface area contributed by atoms with Crippen LogP contribution in [0.2, 0.25) is 5.15 Å². The molecule has 2 aromatic rings. The molecule has 0 fully saturated rings. The highest BCUT2D eigenvalue weighted by Crippen LogP contribution is 2.16. The topological polar surface area (TPSA) is 97.1 Å². The van der Waals surface area contributed by atoms with Gasteiger partial charge in [0.05, 0.1) is 11.8 Å². The van der Waals surface area contributed by atoms with Crippen LogP contribution in [-0.4, -0.2) is 28.0 Å². The van der Waals surface area contributed by atoms with E-state index in [-0.39, 0.29) is 16.5 Å². The van der Waals surface area contributed by atoms with E-state index in [1.54, 1.807) is 12.3 Å². The monoisotopic (exact) mass is 312 g/mol. The minimum atomic E-state index is -0.623. The van der Waals surface area contributed by atoms with Crippen LogP contribution in [-0.2, 0) is 0 Å². The summed E-state index contributed by atoms with van der Waals surface area (Å²) in [7, 11) is 0. The minimum Gasteiger partial charge on any atom is -0.459 e. The van der Waals surface area contributed by atoms with Gasteiger partial charge in [-0.05, 0) is 18.4 Å². The average Bonchev–Trinajstić information content (AvgIpc) is 2.98. The number of aromatic nitrogens is 2. The number of rotatable bonds is 3. The van der Waals surface area contributed by atoms with Gasteiger partial charge < -0.3 is 4.42 Å². The van der Waals surface area contributed by atoms with E-state index < -0.39 is 11.8 Å². The van der Waals surface area contributed by atoms with Crippen LogP contribution in [0.15, 0.2) is 34.2 Å². The quantitative estimate of drug-likeness (QED) is 0.386. The van der Waals surface area contributed by atoms with Crippen molar-refractivity contribution in [3.8, 4) is 0 Å². The Labute approximate surface area is 123 Å². The third-order valence-electron chi connectivity index (χ3n) is 2.18. The highest BCUT2D eigenvalue weighted by atomic mass is 35.5. The zero-order valence-corrected chi connectivity index (χ0v) is 11.8. The third kappa shape index (κ3) is 3.28. The van der Waals surface area contributed by atoms with Crippen molar-refractivity contribution in [3.63, 3.8) is 0 Å². The van der Waals surface area contributed by atoms with Crippen molar-refractivity contribution in [3.05, 3.63) is 41.1 Å². The van der Waals surface area contributed by atoms with Gasteiger partial charge in [0.2, 0.25) is 0 Å². The van der Waals surface area contributed by atoms with Gasteiger partial charge in [-0.15, -0.1) is 0 Å². The summed E-state index contributed by atoms with van der Waals surface area (Å²) in [6.07, 6.45) is 4.42. The van der Waals surface area contributed by atoms with Gasteiger partial charge in [-0.3, -0.25) is 20.4 Å². The molecule has 20 heavy (non-hydrogen) atoms. The van der Waals surface area contributed by atoms with Gasteiger partial charge in [0, 0.05) is 6.20 Å². The van der Waals surface area contributed by atoms with Crippen LogP contribution in [0, 0.1) is 0 Å². The molecule has 2 heterocycles. The average molecular weight is 313 g/mol. The molecular formula is C11H9ClN4O3S. The number of hydrazine groups is 1. The Bertz CT molecular complexity index is 633. The molecule has 0 bridgehead atoms. The number of halogens is 1. The summed E-state index contributed by atoms with van der Waals surface area (Å²) in [5, 5.41) is 0.459. The summed E-state index contributed by atoms with van der Waals surface area (Å²) < 4.78 is 4.87. The first-order valence-electron chi connectivity index (χ1n) is 5.32. The first kappa shape index (κ1) is 14.4. The second-order valence-corrected chi connectivity index (χ2v) is 4.58. The van der Waals surface area contributed by atoms with Crippen LogP contribution in [0.5, 0.6) is 0 Å². The Hall–Kier alpha value is -2.06. The molecule has 0 aromatic carbocycles. The highest BCUT2D eigenvalue weighted by Gasteiger charge is 2.15. The first-order valence-corrected chi connectivity index (χ1v) is 6.93. The summed E-state index contributed by atoms with van der Waals surface area (Å²) in [5.74, 6) is -1.13. The smallest absolute Gasteiger partial charge is 0.305 e. The molecule has 2 N–H and O–H groups in total. The second-order valence-electron chi connectivity index (χ2n) is 3.45. The fourth-order valence-electron chi connectivity index (χ4n) is 1.25. The van der Waals surface area contributed by atoms with E-state index >= 15 is 0 Å². The van der Waals surface area contributed by atoms with E-state index in [4.69, 9.17) is 16.0 Å². The molecule has 0 saturated carbocycles. The van der Waals surface area contributed by atoms with Gasteiger partial charge >= 0.3 is 5.91 Å². The van der Waals surface area contributed by atoms with Crippen molar-refractivity contribution >= 4 is 35.2 Å². The number of nitrogens with one attached hydrogen (secondary N) is 2. The van der Waals surface area contributed by atoms with Crippen molar-refractivity contribution in [2.75, 3.05) is 6.26 Å². The predicted molar refractivity (Wildman–Crippen MR) is 72.5 cm³/mol. The molecular weight excluding hydrogens is 304 g/mol. The number of carbonyl (C=O) groups is 2. The second kappa shape index (κ2) is 6.40. The molecule has 0 aliphatic rings. The summed E-state index contributed by atoms with van der Waals surface area (Å²) in [6, 6.07) is 3.02. The number of nitrogens with zero attached hydrogens (tertiary/aromatic N) is 2. The summed E-state index contributed by atoms with van der Waals surface area (Å²) >= 11 is 7.16. The number of thioether (sulfide) groups is 1. The van der Waals surface area contributed by atoms with Gasteiger partial charge in [-0.25, -0.2) is 9.97 Å². The Balaban J connectivity index is 2.00. The maximum atomic E-state index is 11.8. The molecule has 2 aromatic heterocycles. The molecule has 9 heteroatoms. The number of amides is 2. The lowest BCUT2D eigenvalue weighted by Gasteiger charge is -2.07. The van der Waals surface area contributed by atoms with E-state index in [1.165, 1.54) is 30.3 Å². The van der Waals surface area contributed by atoms with Crippen LogP contribution in [0.1, 0.15) is 20.9 Å². The lowest BCUT2D eigenvalue weighted by molar-refractivity contribution is 0.0830. The molecule has 0 saturated heterocycles. The van der Waals surface area contributed by atoms with Crippen molar-refractivity contribution < 1.29 is 14.0 Å². The fraction of sp³-hybridized carbons (Fsp3) is 0.0909. The normalized spacial score (nSPS) is 10.1. The molecule has 0 spiro atoms. The van der Waals surface area contributed by atoms with Crippen molar-refractivity contribution in [2.24, 2.45) is 0 Å². The summed E-state index contributed by atoms with van der Waals surface area (Å²) in [6.45, 7) is 0. The van der Waals surface area contributed by atoms with E-state index in [0.717, 1.165) is 0 Å². The van der Waals surface area contributed by atoms with Gasteiger partial charge in [0.25, 0.3) is 5.91 Å². The molecule has 2 rings (SSSR count). The fourth-order valence-corrected chi connectivity index (χ4v) is 1.85. The van der Waals surface area contributed by atoms with Crippen LogP contribution in [0.25, 0.3) is 0 Å². The maximum absolute atomic E-state index is 11.8. The number of hydrogen-bond acceptors (Lipinski definition) is 6. The van der Waals surface area contributed by atoms with Crippen molar-refractivity contribution in [2.45, 2.75) is 5.16 Å². The minimum absolute atomic E-state index is 0.00842. The first-order chi connectivity index (χ1) is 9.61. The van der Waals surface area contributed by atoms with Gasteiger partial charge in [0.1, 0.15) is 5.15 Å². The van der Waals surface area contributed by atoms with Crippen LogP contribution in [0.4, 0.5) is 0 Å². The number of hydrogen-bond donors (Lipinski definition) is 2. The van der Waals surface area contributed by atoms with Crippen molar-refractivity contribution in [1.82, 2.24) is 20.8 Å². The standard InChI is InChI=1S/C11H9ClN4O3S/c1-20-11-13-5-6(8(12)14-11)9(17)15-16-10(18)7-3-2-4-19-7/h2-5H,1H3,(H,15,17)(H,16,18). The van der Waals surface area contributed by atoms with Gasteiger partial charge in [0.15, 0.2) is 10.9 Å². The Morgan fingerprint density at radius 2 is 2.10 bits per heavy atom. The Morgan fingerprint density at radius 1 is 1.35 bits per heavy atom. The molecule has 7 nitrogen and oxygen atoms in total. The predicted octanol–water partition coefficient (Wildman–Crippen LogP) is 1.52. The van der Waals surface area contributed by atoms with Crippen LogP contribution in [0.3, 0.4) is 0 Å². The molecule has 0 unspecified atom stereocenters. The Morgan fingerprint density at radius 3 is 2.70 bits per heavy atom. The molecule has 0 aliphatic heterocycles. The third-order valence-corrected chi connectivity index (χ3v) is 3.03. The largest absolute Gasteiger partial charge is 0.459 e. The van der Waals surface area contributed by atoms with E-state index in [0.29, 0.717) is 5.16 Å². The highest BCUT2D eigenvalue weighted by molar-refractivity contribution is 7.98. The van der Waals surface area contributed by atoms with Crippen LogP contribution >= 0.6 is 23.4 Å². The van der Waals surface area contributed by atoms with Crippen molar-refractivity contribution in [1.29, 1.82) is 0 Å². The van der Waals surface area contributed by atoms with E-state index in [1.807, 2.05) is 0 Å². The van der Waals surface area contributed by atoms with Gasteiger partial charge in [-0.2, -0.15) is 0 Å². The summed E-state index contributed by atoms with van der Waals surface area (Å²) in [5.41, 5.74) is 4.44. The van der Waals surface area contributed by atoms with E-state index in [9.17, 15) is 9.59 Å². The number of carbonyl (C=O) groups excluding carboxylic acids is 2. The molecule has 0 radical (unpaired) electrons. The van der Waals surface area contributed by atoms with E-state index in [2.05, 4.69) is 20.8 Å². The molecule has 0 atom stereocenters. The lowest BCUT2D eigenvalue weighted by Crippen LogP contribution is -2.41. The Kier molecular flexibility index (Phi) is 4.59. The molecule has 104 valence electrons. The lowest BCUT2D eigenvalue weighted by atomic mass is 10.3. The maximum Gasteiger partial charge on any atom is 0.305 e. The molecule has 0 aliphatic carbocycles. The summed E-state index contributed by atoms with van der Waals surface area (Å²) in [4.78, 5) is 31.2. The molecule has 2 amide bonds.